The second kappa shape index (κ2) is 7.39. The molecule has 0 amide bonds. The van der Waals surface area contributed by atoms with Crippen LogP contribution in [0.2, 0.25) is 5.02 Å². The lowest BCUT2D eigenvalue weighted by atomic mass is 9.88. The molecule has 1 saturated heterocycles. The van der Waals surface area contributed by atoms with Crippen molar-refractivity contribution in [2.24, 2.45) is 5.92 Å². The molecule has 0 bridgehead atoms. The van der Waals surface area contributed by atoms with Gasteiger partial charge >= 0.3 is 0 Å². The lowest BCUT2D eigenvalue weighted by Gasteiger charge is -2.27. The minimum Gasteiger partial charge on any atom is -0.378 e. The molecule has 1 aromatic carbocycles. The molecule has 2 rings (SSSR count). The van der Waals surface area contributed by atoms with Gasteiger partial charge in [0.2, 0.25) is 0 Å². The van der Waals surface area contributed by atoms with E-state index in [1.807, 2.05) is 0 Å². The van der Waals surface area contributed by atoms with Gasteiger partial charge in [0.25, 0.3) is 0 Å². The third kappa shape index (κ3) is 3.94. The summed E-state index contributed by atoms with van der Waals surface area (Å²) in [5.41, 5.74) is 0.874. The van der Waals surface area contributed by atoms with Gasteiger partial charge in [-0.1, -0.05) is 18.5 Å². The highest BCUT2D eigenvalue weighted by Crippen LogP contribution is 2.28. The number of hydrogen-bond donors (Lipinski definition) is 1. The Morgan fingerprint density at radius 2 is 2.30 bits per heavy atom. The molecular formula is C16H23ClFNO. The number of hydrogen-bond acceptors (Lipinski definition) is 2. The highest BCUT2D eigenvalue weighted by Gasteiger charge is 2.31. The van der Waals surface area contributed by atoms with Gasteiger partial charge in [-0.05, 0) is 56.5 Å². The Hall–Kier alpha value is -0.640. The van der Waals surface area contributed by atoms with Gasteiger partial charge in [-0.25, -0.2) is 4.39 Å². The molecule has 1 aliphatic heterocycles. The molecule has 0 saturated carbocycles. The first-order valence-corrected chi connectivity index (χ1v) is 7.78. The molecular weight excluding hydrogens is 277 g/mol. The van der Waals surface area contributed by atoms with Crippen LogP contribution >= 0.6 is 11.6 Å². The Labute approximate surface area is 125 Å². The lowest BCUT2D eigenvalue weighted by Crippen LogP contribution is -2.41. The van der Waals surface area contributed by atoms with E-state index in [-0.39, 0.29) is 18.0 Å². The van der Waals surface area contributed by atoms with Crippen molar-refractivity contribution in [2.75, 3.05) is 13.2 Å². The summed E-state index contributed by atoms with van der Waals surface area (Å²) in [6.45, 7) is 6.03. The van der Waals surface area contributed by atoms with Crippen LogP contribution in [0.1, 0.15) is 32.3 Å². The molecule has 4 heteroatoms. The Balaban J connectivity index is 2.12. The average Bonchev–Trinajstić information content (AvgIpc) is 2.84. The Morgan fingerprint density at radius 3 is 2.95 bits per heavy atom. The summed E-state index contributed by atoms with van der Waals surface area (Å²) in [5, 5.41) is 4.22. The van der Waals surface area contributed by atoms with Gasteiger partial charge in [0, 0.05) is 23.6 Å². The van der Waals surface area contributed by atoms with Crippen LogP contribution in [0.4, 0.5) is 4.39 Å². The molecule has 3 unspecified atom stereocenters. The van der Waals surface area contributed by atoms with Crippen LogP contribution < -0.4 is 5.32 Å². The first kappa shape index (κ1) is 15.7. The van der Waals surface area contributed by atoms with Gasteiger partial charge in [0.1, 0.15) is 5.82 Å². The summed E-state index contributed by atoms with van der Waals surface area (Å²) in [6.07, 6.45) is 3.12. The van der Waals surface area contributed by atoms with E-state index in [9.17, 15) is 4.39 Å². The molecule has 2 nitrogen and oxygen atoms in total. The fourth-order valence-electron chi connectivity index (χ4n) is 2.92. The van der Waals surface area contributed by atoms with Gasteiger partial charge in [-0.15, -0.1) is 0 Å². The number of rotatable bonds is 6. The monoisotopic (exact) mass is 299 g/mol. The molecule has 0 aliphatic carbocycles. The Bertz CT molecular complexity index is 440. The van der Waals surface area contributed by atoms with Gasteiger partial charge in [0.05, 0.1) is 6.10 Å². The SMILES string of the molecule is CCCNC(Cc1cc(F)ccc1Cl)C1CCOC1C. The molecule has 0 radical (unpaired) electrons. The molecule has 0 aromatic heterocycles. The van der Waals surface area contributed by atoms with Crippen molar-refractivity contribution in [3.63, 3.8) is 0 Å². The van der Waals surface area contributed by atoms with E-state index < -0.39 is 0 Å². The van der Waals surface area contributed by atoms with Crippen molar-refractivity contribution in [1.82, 2.24) is 5.32 Å². The van der Waals surface area contributed by atoms with Crippen LogP contribution in [0, 0.1) is 11.7 Å². The van der Waals surface area contributed by atoms with E-state index in [1.165, 1.54) is 6.07 Å². The largest absolute Gasteiger partial charge is 0.378 e. The second-order valence-corrected chi connectivity index (χ2v) is 5.94. The lowest BCUT2D eigenvalue weighted by molar-refractivity contribution is 0.0954. The third-order valence-electron chi connectivity index (χ3n) is 4.06. The number of nitrogens with one attached hydrogen (secondary N) is 1. The minimum absolute atomic E-state index is 0.227. The zero-order valence-corrected chi connectivity index (χ0v) is 12.9. The van der Waals surface area contributed by atoms with E-state index in [0.717, 1.165) is 38.0 Å². The van der Waals surface area contributed by atoms with Gasteiger partial charge in [0.15, 0.2) is 0 Å². The fourth-order valence-corrected chi connectivity index (χ4v) is 3.11. The van der Waals surface area contributed by atoms with Gasteiger partial charge in [-0.2, -0.15) is 0 Å². The Morgan fingerprint density at radius 1 is 1.50 bits per heavy atom. The third-order valence-corrected chi connectivity index (χ3v) is 4.42. The van der Waals surface area contributed by atoms with E-state index in [2.05, 4.69) is 19.2 Å². The maximum Gasteiger partial charge on any atom is 0.123 e. The Kier molecular flexibility index (Phi) is 5.82. The van der Waals surface area contributed by atoms with Crippen molar-refractivity contribution >= 4 is 11.6 Å². The summed E-state index contributed by atoms with van der Waals surface area (Å²) in [4.78, 5) is 0. The van der Waals surface area contributed by atoms with Crippen LogP contribution in [0.3, 0.4) is 0 Å². The van der Waals surface area contributed by atoms with Gasteiger partial charge in [-0.3, -0.25) is 0 Å². The minimum atomic E-state index is -0.227. The first-order valence-electron chi connectivity index (χ1n) is 7.40. The molecule has 1 heterocycles. The van der Waals surface area contributed by atoms with Crippen molar-refractivity contribution in [1.29, 1.82) is 0 Å². The molecule has 1 fully saturated rings. The number of halogens is 2. The van der Waals surface area contributed by atoms with E-state index in [4.69, 9.17) is 16.3 Å². The topological polar surface area (TPSA) is 21.3 Å². The van der Waals surface area contributed by atoms with Crippen LogP contribution in [-0.4, -0.2) is 25.3 Å². The molecule has 0 spiro atoms. The zero-order chi connectivity index (χ0) is 14.5. The maximum absolute atomic E-state index is 13.4. The van der Waals surface area contributed by atoms with Crippen LogP contribution in [0.5, 0.6) is 0 Å². The summed E-state index contributed by atoms with van der Waals surface area (Å²) >= 11 is 6.19. The van der Waals surface area contributed by atoms with Crippen molar-refractivity contribution in [3.8, 4) is 0 Å². The average molecular weight is 300 g/mol. The van der Waals surface area contributed by atoms with E-state index in [1.54, 1.807) is 12.1 Å². The molecule has 1 aromatic rings. The smallest absolute Gasteiger partial charge is 0.123 e. The second-order valence-electron chi connectivity index (χ2n) is 5.53. The van der Waals surface area contributed by atoms with Crippen molar-refractivity contribution in [2.45, 2.75) is 45.3 Å². The van der Waals surface area contributed by atoms with Crippen LogP contribution in [0.25, 0.3) is 0 Å². The van der Waals surface area contributed by atoms with Crippen LogP contribution in [0.15, 0.2) is 18.2 Å². The normalized spacial score (nSPS) is 24.0. The van der Waals surface area contributed by atoms with E-state index >= 15 is 0 Å². The van der Waals surface area contributed by atoms with Crippen LogP contribution in [-0.2, 0) is 11.2 Å². The highest BCUT2D eigenvalue weighted by atomic mass is 35.5. The van der Waals surface area contributed by atoms with E-state index in [0.29, 0.717) is 10.9 Å². The summed E-state index contributed by atoms with van der Waals surface area (Å²) in [5.74, 6) is 0.232. The quantitative estimate of drug-likeness (QED) is 0.862. The molecule has 20 heavy (non-hydrogen) atoms. The maximum atomic E-state index is 13.4. The standard InChI is InChI=1S/C16H23ClFNO/c1-3-7-19-16(14-6-8-20-11(14)2)10-12-9-13(18)4-5-15(12)17/h4-5,9,11,14,16,19H,3,6-8,10H2,1-2H3. The van der Waals surface area contributed by atoms with Crippen molar-refractivity contribution in [3.05, 3.63) is 34.6 Å². The summed E-state index contributed by atoms with van der Waals surface area (Å²) in [6, 6.07) is 4.87. The van der Waals surface area contributed by atoms with Gasteiger partial charge < -0.3 is 10.1 Å². The molecule has 112 valence electrons. The number of ether oxygens (including phenoxy) is 1. The first-order chi connectivity index (χ1) is 9.61. The fraction of sp³-hybridized carbons (Fsp3) is 0.625. The highest BCUT2D eigenvalue weighted by molar-refractivity contribution is 6.31. The summed E-state index contributed by atoms with van der Waals surface area (Å²) in [7, 11) is 0. The number of benzene rings is 1. The predicted molar refractivity (Wildman–Crippen MR) is 80.7 cm³/mol. The van der Waals surface area contributed by atoms with Crippen molar-refractivity contribution < 1.29 is 9.13 Å². The predicted octanol–water partition coefficient (Wildman–Crippen LogP) is 3.81. The summed E-state index contributed by atoms with van der Waals surface area (Å²) < 4.78 is 19.1. The molecule has 1 N–H and O–H groups in total. The molecule has 1 aliphatic rings. The molecule has 3 atom stereocenters. The zero-order valence-electron chi connectivity index (χ0n) is 12.2.